The summed E-state index contributed by atoms with van der Waals surface area (Å²) in [5, 5.41) is 14.0. The molecule has 1 aromatic rings. The van der Waals surface area contributed by atoms with Gasteiger partial charge in [-0.2, -0.15) is 4.98 Å². The predicted octanol–water partition coefficient (Wildman–Crippen LogP) is 1.94. The molecule has 1 aliphatic rings. The van der Waals surface area contributed by atoms with Crippen LogP contribution in [0.1, 0.15) is 19.0 Å². The van der Waals surface area contributed by atoms with Crippen LogP contribution in [0, 0.1) is 17.0 Å². The molecule has 0 bridgehead atoms. The summed E-state index contributed by atoms with van der Waals surface area (Å²) in [6.07, 6.45) is 0.762. The Kier molecular flexibility index (Phi) is 3.63. The van der Waals surface area contributed by atoms with Gasteiger partial charge in [0.25, 0.3) is 0 Å². The van der Waals surface area contributed by atoms with Gasteiger partial charge in [0.15, 0.2) is 0 Å². The lowest BCUT2D eigenvalue weighted by atomic mass is 10.1. The van der Waals surface area contributed by atoms with Gasteiger partial charge in [-0.15, -0.1) is 0 Å². The second-order valence-electron chi connectivity index (χ2n) is 4.15. The Labute approximate surface area is 109 Å². The smallest absolute Gasteiger partial charge is 0.332 e. The Bertz CT molecular complexity index is 482. The second-order valence-corrected chi connectivity index (χ2v) is 4.49. The van der Waals surface area contributed by atoms with Gasteiger partial charge in [0, 0.05) is 6.61 Å². The number of ether oxygens (including phenoxy) is 1. The van der Waals surface area contributed by atoms with E-state index >= 15 is 0 Å². The Morgan fingerprint density at radius 2 is 2.28 bits per heavy atom. The molecule has 2 atom stereocenters. The first-order chi connectivity index (χ1) is 8.49. The summed E-state index contributed by atoms with van der Waals surface area (Å²) in [6.45, 7) is 4.07. The molecule has 18 heavy (non-hydrogen) atoms. The molecule has 7 nitrogen and oxygen atoms in total. The van der Waals surface area contributed by atoms with Crippen LogP contribution in [-0.2, 0) is 4.74 Å². The van der Waals surface area contributed by atoms with E-state index in [1.165, 1.54) is 6.92 Å². The average Bonchev–Trinajstić information content (AvgIpc) is 2.62. The van der Waals surface area contributed by atoms with Crippen molar-refractivity contribution in [3.05, 3.63) is 21.1 Å². The van der Waals surface area contributed by atoms with Crippen LogP contribution in [0.4, 0.5) is 11.5 Å². The van der Waals surface area contributed by atoms with Gasteiger partial charge < -0.3 is 10.1 Å². The number of rotatable bonds is 3. The van der Waals surface area contributed by atoms with Crippen LogP contribution in [0.5, 0.6) is 0 Å². The Balaban J connectivity index is 2.33. The molecule has 98 valence electrons. The summed E-state index contributed by atoms with van der Waals surface area (Å²) in [5.41, 5.74) is 0.104. The Morgan fingerprint density at radius 1 is 1.56 bits per heavy atom. The number of hydrogen-bond donors (Lipinski definition) is 1. The van der Waals surface area contributed by atoms with Gasteiger partial charge in [-0.1, -0.05) is 0 Å². The highest BCUT2D eigenvalue weighted by molar-refractivity contribution is 6.28. The number of nitrogens with zero attached hydrogens (tertiary/aromatic N) is 3. The van der Waals surface area contributed by atoms with Gasteiger partial charge in [-0.3, -0.25) is 10.1 Å². The quantitative estimate of drug-likeness (QED) is 0.514. The van der Waals surface area contributed by atoms with E-state index in [9.17, 15) is 10.1 Å². The lowest BCUT2D eigenvalue weighted by Crippen LogP contribution is -2.27. The zero-order valence-electron chi connectivity index (χ0n) is 10.0. The molecule has 1 aromatic heterocycles. The molecule has 1 aliphatic heterocycles. The fourth-order valence-corrected chi connectivity index (χ4v) is 2.16. The van der Waals surface area contributed by atoms with E-state index < -0.39 is 4.92 Å². The number of anilines is 1. The number of hydrogen-bond acceptors (Lipinski definition) is 6. The van der Waals surface area contributed by atoms with E-state index in [1.54, 1.807) is 0 Å². The van der Waals surface area contributed by atoms with Crippen molar-refractivity contribution >= 4 is 23.1 Å². The van der Waals surface area contributed by atoms with Crippen molar-refractivity contribution in [3.8, 4) is 0 Å². The van der Waals surface area contributed by atoms with Gasteiger partial charge in [0.1, 0.15) is 5.69 Å². The maximum absolute atomic E-state index is 11.0. The minimum absolute atomic E-state index is 0.00549. The Hall–Kier alpha value is -1.47. The minimum atomic E-state index is -0.505. The molecule has 1 fully saturated rings. The van der Waals surface area contributed by atoms with Gasteiger partial charge in [-0.25, -0.2) is 4.98 Å². The van der Waals surface area contributed by atoms with Crippen molar-refractivity contribution in [2.45, 2.75) is 32.4 Å². The van der Waals surface area contributed by atoms with Crippen LogP contribution in [0.3, 0.4) is 0 Å². The zero-order valence-corrected chi connectivity index (χ0v) is 10.8. The molecule has 0 radical (unpaired) electrons. The molecule has 0 saturated carbocycles. The van der Waals surface area contributed by atoms with E-state index in [4.69, 9.17) is 16.3 Å². The number of nitrogens with one attached hydrogen (secondary N) is 1. The number of aromatic nitrogens is 2. The SMILES string of the molecule is Cc1nc(Cl)nc(NC2CCOC2C)c1[N+](=O)[O-]. The van der Waals surface area contributed by atoms with Crippen molar-refractivity contribution in [2.75, 3.05) is 11.9 Å². The first-order valence-electron chi connectivity index (χ1n) is 5.55. The maximum atomic E-state index is 11.0. The molecule has 0 aromatic carbocycles. The topological polar surface area (TPSA) is 90.2 Å². The summed E-state index contributed by atoms with van der Waals surface area (Å²) >= 11 is 5.73. The third-order valence-electron chi connectivity index (χ3n) is 2.91. The van der Waals surface area contributed by atoms with Crippen LogP contribution in [-0.4, -0.2) is 33.6 Å². The standard InChI is InChI=1S/C10H13ClN4O3/c1-5-8(15(16)17)9(14-10(11)12-5)13-7-3-4-18-6(7)2/h6-7H,3-4H2,1-2H3,(H,12,13,14). The monoisotopic (exact) mass is 272 g/mol. The third kappa shape index (κ3) is 2.51. The lowest BCUT2D eigenvalue weighted by molar-refractivity contribution is -0.385. The molecule has 1 saturated heterocycles. The van der Waals surface area contributed by atoms with Crippen molar-refractivity contribution in [1.29, 1.82) is 0 Å². The molecular weight excluding hydrogens is 260 g/mol. The normalized spacial score (nSPS) is 23.1. The van der Waals surface area contributed by atoms with Crippen molar-refractivity contribution in [2.24, 2.45) is 0 Å². The van der Waals surface area contributed by atoms with Crippen molar-refractivity contribution < 1.29 is 9.66 Å². The van der Waals surface area contributed by atoms with E-state index in [-0.39, 0.29) is 34.6 Å². The molecule has 8 heteroatoms. The summed E-state index contributed by atoms with van der Waals surface area (Å²) in [6, 6.07) is -0.00549. The first-order valence-corrected chi connectivity index (χ1v) is 5.93. The summed E-state index contributed by atoms with van der Waals surface area (Å²) in [7, 11) is 0. The van der Waals surface area contributed by atoms with Gasteiger partial charge in [0.2, 0.25) is 11.1 Å². The zero-order chi connectivity index (χ0) is 13.3. The van der Waals surface area contributed by atoms with Gasteiger partial charge in [-0.05, 0) is 31.9 Å². The van der Waals surface area contributed by atoms with Crippen LogP contribution < -0.4 is 5.32 Å². The van der Waals surface area contributed by atoms with E-state index in [1.807, 2.05) is 6.92 Å². The number of halogens is 1. The number of aryl methyl sites for hydroxylation is 1. The van der Waals surface area contributed by atoms with Crippen molar-refractivity contribution in [1.82, 2.24) is 9.97 Å². The Morgan fingerprint density at radius 3 is 2.83 bits per heavy atom. The predicted molar refractivity (Wildman–Crippen MR) is 65.9 cm³/mol. The van der Waals surface area contributed by atoms with E-state index in [0.29, 0.717) is 6.61 Å². The molecule has 2 rings (SSSR count). The van der Waals surface area contributed by atoms with Crippen LogP contribution in [0.25, 0.3) is 0 Å². The molecule has 0 spiro atoms. The molecule has 1 N–H and O–H groups in total. The summed E-state index contributed by atoms with van der Waals surface area (Å²) in [5.74, 6) is 0.153. The fourth-order valence-electron chi connectivity index (χ4n) is 1.95. The summed E-state index contributed by atoms with van der Waals surface area (Å²) in [4.78, 5) is 18.2. The van der Waals surface area contributed by atoms with Gasteiger partial charge >= 0.3 is 5.69 Å². The third-order valence-corrected chi connectivity index (χ3v) is 3.08. The van der Waals surface area contributed by atoms with Crippen LogP contribution in [0.15, 0.2) is 0 Å². The first kappa shape index (κ1) is 13.0. The molecule has 2 unspecified atom stereocenters. The molecule has 0 aliphatic carbocycles. The lowest BCUT2D eigenvalue weighted by Gasteiger charge is -2.16. The molecular formula is C10H13ClN4O3. The highest BCUT2D eigenvalue weighted by atomic mass is 35.5. The largest absolute Gasteiger partial charge is 0.376 e. The highest BCUT2D eigenvalue weighted by Gasteiger charge is 2.29. The maximum Gasteiger partial charge on any atom is 0.332 e. The van der Waals surface area contributed by atoms with E-state index in [0.717, 1.165) is 6.42 Å². The molecule has 0 amide bonds. The molecule has 2 heterocycles. The van der Waals surface area contributed by atoms with Crippen LogP contribution >= 0.6 is 11.6 Å². The fraction of sp³-hybridized carbons (Fsp3) is 0.600. The summed E-state index contributed by atoms with van der Waals surface area (Å²) < 4.78 is 5.39. The number of nitro groups is 1. The average molecular weight is 273 g/mol. The highest BCUT2D eigenvalue weighted by Crippen LogP contribution is 2.29. The van der Waals surface area contributed by atoms with E-state index in [2.05, 4.69) is 15.3 Å². The van der Waals surface area contributed by atoms with Gasteiger partial charge in [0.05, 0.1) is 17.1 Å². The second kappa shape index (κ2) is 5.03. The van der Waals surface area contributed by atoms with Crippen LogP contribution in [0.2, 0.25) is 5.28 Å². The minimum Gasteiger partial charge on any atom is -0.376 e. The van der Waals surface area contributed by atoms with Crippen molar-refractivity contribution in [3.63, 3.8) is 0 Å².